The van der Waals surface area contributed by atoms with Gasteiger partial charge in [-0.1, -0.05) is 12.1 Å². The number of hydrogen-bond donors (Lipinski definition) is 0. The van der Waals surface area contributed by atoms with Crippen molar-refractivity contribution in [1.82, 2.24) is 4.90 Å². The molecular formula is C13H18INO2. The summed E-state index contributed by atoms with van der Waals surface area (Å²) >= 11 is 2.23. The van der Waals surface area contributed by atoms with Crippen molar-refractivity contribution >= 4 is 28.4 Å². The van der Waals surface area contributed by atoms with Crippen LogP contribution in [0.2, 0.25) is 0 Å². The largest absolute Gasteiger partial charge is 0.380 e. The fraction of sp³-hybridized carbons (Fsp3) is 0.462. The predicted molar refractivity (Wildman–Crippen MR) is 77.5 cm³/mol. The van der Waals surface area contributed by atoms with E-state index in [1.165, 1.54) is 0 Å². The van der Waals surface area contributed by atoms with Crippen LogP contribution >= 0.6 is 22.6 Å². The molecule has 0 unspecified atom stereocenters. The lowest BCUT2D eigenvalue weighted by atomic mass is 10.1. The zero-order chi connectivity index (χ0) is 12.7. The van der Waals surface area contributed by atoms with E-state index in [1.54, 1.807) is 0 Å². The van der Waals surface area contributed by atoms with Gasteiger partial charge in [-0.25, -0.2) is 0 Å². The smallest absolute Gasteiger partial charge is 0.176 e. The van der Waals surface area contributed by atoms with Crippen LogP contribution < -0.4 is 0 Å². The molecule has 0 atom stereocenters. The SMILES string of the molecule is CCOCCN(C)CC(=O)c1ccc(I)cc1. The third-order valence-electron chi connectivity index (χ3n) is 2.40. The van der Waals surface area contributed by atoms with Crippen molar-refractivity contribution in [2.24, 2.45) is 0 Å². The number of carbonyl (C=O) groups is 1. The maximum absolute atomic E-state index is 11.9. The Morgan fingerprint density at radius 3 is 2.59 bits per heavy atom. The number of halogens is 1. The van der Waals surface area contributed by atoms with Crippen LogP contribution in [0.3, 0.4) is 0 Å². The summed E-state index contributed by atoms with van der Waals surface area (Å²) in [5.74, 6) is 0.153. The summed E-state index contributed by atoms with van der Waals surface area (Å²) in [5, 5.41) is 0. The van der Waals surface area contributed by atoms with Crippen molar-refractivity contribution in [2.45, 2.75) is 6.92 Å². The molecule has 0 aliphatic heterocycles. The lowest BCUT2D eigenvalue weighted by Gasteiger charge is -2.15. The van der Waals surface area contributed by atoms with Gasteiger partial charge in [-0.05, 0) is 48.7 Å². The highest BCUT2D eigenvalue weighted by atomic mass is 127. The maximum Gasteiger partial charge on any atom is 0.176 e. The molecule has 94 valence electrons. The van der Waals surface area contributed by atoms with E-state index in [0.717, 1.165) is 22.3 Å². The summed E-state index contributed by atoms with van der Waals surface area (Å²) in [7, 11) is 1.93. The molecule has 0 aromatic heterocycles. The molecular weight excluding hydrogens is 329 g/mol. The number of Topliss-reactive ketones (excluding diaryl/α,β-unsaturated/α-hetero) is 1. The van der Waals surface area contributed by atoms with Crippen molar-refractivity contribution < 1.29 is 9.53 Å². The molecule has 0 saturated carbocycles. The summed E-state index contributed by atoms with van der Waals surface area (Å²) in [6, 6.07) is 7.66. The minimum atomic E-state index is 0.153. The molecule has 0 saturated heterocycles. The molecule has 0 aliphatic rings. The van der Waals surface area contributed by atoms with Gasteiger partial charge in [-0.3, -0.25) is 9.69 Å². The summed E-state index contributed by atoms with van der Waals surface area (Å²) in [6.07, 6.45) is 0. The summed E-state index contributed by atoms with van der Waals surface area (Å²) in [4.78, 5) is 13.9. The standard InChI is InChI=1S/C13H18INO2/c1-3-17-9-8-15(2)10-13(16)11-4-6-12(14)7-5-11/h4-7H,3,8-10H2,1-2H3. The number of ether oxygens (including phenoxy) is 1. The van der Waals surface area contributed by atoms with Crippen LogP contribution in [0.5, 0.6) is 0 Å². The molecule has 3 nitrogen and oxygen atoms in total. The molecule has 0 bridgehead atoms. The van der Waals surface area contributed by atoms with E-state index in [4.69, 9.17) is 4.74 Å². The molecule has 1 rings (SSSR count). The van der Waals surface area contributed by atoms with Gasteiger partial charge in [0.25, 0.3) is 0 Å². The van der Waals surface area contributed by atoms with Gasteiger partial charge in [0, 0.05) is 22.3 Å². The first kappa shape index (κ1) is 14.6. The molecule has 4 heteroatoms. The molecule has 0 amide bonds. The quantitative estimate of drug-likeness (QED) is 0.431. The molecule has 0 N–H and O–H groups in total. The number of likely N-dealkylation sites (N-methyl/N-ethyl adjacent to an activating group) is 1. The van der Waals surface area contributed by atoms with Crippen LogP contribution in [-0.2, 0) is 4.74 Å². The van der Waals surface area contributed by atoms with E-state index in [-0.39, 0.29) is 5.78 Å². The Kier molecular flexibility index (Phi) is 6.69. The Labute approximate surface area is 116 Å². The third-order valence-corrected chi connectivity index (χ3v) is 3.12. The first-order valence-corrected chi connectivity index (χ1v) is 6.76. The monoisotopic (exact) mass is 347 g/mol. The van der Waals surface area contributed by atoms with Crippen molar-refractivity contribution in [1.29, 1.82) is 0 Å². The van der Waals surface area contributed by atoms with Gasteiger partial charge < -0.3 is 4.74 Å². The lowest BCUT2D eigenvalue weighted by molar-refractivity contribution is 0.0896. The van der Waals surface area contributed by atoms with Crippen LogP contribution in [0, 0.1) is 3.57 Å². The second-order valence-electron chi connectivity index (χ2n) is 3.86. The van der Waals surface area contributed by atoms with Crippen LogP contribution in [0.1, 0.15) is 17.3 Å². The molecule has 0 fully saturated rings. The van der Waals surface area contributed by atoms with Gasteiger partial charge in [0.1, 0.15) is 0 Å². The van der Waals surface area contributed by atoms with Gasteiger partial charge in [-0.2, -0.15) is 0 Å². The highest BCUT2D eigenvalue weighted by molar-refractivity contribution is 14.1. The summed E-state index contributed by atoms with van der Waals surface area (Å²) in [6.45, 7) is 4.58. The fourth-order valence-electron chi connectivity index (χ4n) is 1.42. The first-order valence-electron chi connectivity index (χ1n) is 5.68. The van der Waals surface area contributed by atoms with E-state index in [1.807, 2.05) is 43.1 Å². The normalized spacial score (nSPS) is 10.8. The zero-order valence-electron chi connectivity index (χ0n) is 10.3. The van der Waals surface area contributed by atoms with Gasteiger partial charge in [0.15, 0.2) is 5.78 Å². The minimum absolute atomic E-state index is 0.153. The number of benzene rings is 1. The van der Waals surface area contributed by atoms with E-state index in [0.29, 0.717) is 13.2 Å². The van der Waals surface area contributed by atoms with Crippen LogP contribution in [0.4, 0.5) is 0 Å². The fourth-order valence-corrected chi connectivity index (χ4v) is 1.78. The van der Waals surface area contributed by atoms with Crippen molar-refractivity contribution in [3.8, 4) is 0 Å². The molecule has 0 spiro atoms. The molecule has 1 aromatic rings. The highest BCUT2D eigenvalue weighted by Gasteiger charge is 2.08. The Bertz CT molecular complexity index is 351. The van der Waals surface area contributed by atoms with Crippen molar-refractivity contribution in [2.75, 3.05) is 33.4 Å². The Balaban J connectivity index is 2.40. The average Bonchev–Trinajstić information content (AvgIpc) is 2.30. The van der Waals surface area contributed by atoms with E-state index in [2.05, 4.69) is 22.6 Å². The van der Waals surface area contributed by atoms with E-state index >= 15 is 0 Å². The zero-order valence-corrected chi connectivity index (χ0v) is 12.4. The minimum Gasteiger partial charge on any atom is -0.380 e. The number of carbonyl (C=O) groups excluding carboxylic acids is 1. The lowest BCUT2D eigenvalue weighted by Crippen LogP contribution is -2.29. The number of ketones is 1. The van der Waals surface area contributed by atoms with E-state index < -0.39 is 0 Å². The predicted octanol–water partition coefficient (Wildman–Crippen LogP) is 2.44. The number of nitrogens with zero attached hydrogens (tertiary/aromatic N) is 1. The Morgan fingerprint density at radius 1 is 1.35 bits per heavy atom. The van der Waals surface area contributed by atoms with Crippen molar-refractivity contribution in [3.63, 3.8) is 0 Å². The van der Waals surface area contributed by atoms with Gasteiger partial charge in [0.05, 0.1) is 13.2 Å². The first-order chi connectivity index (χ1) is 8.13. The maximum atomic E-state index is 11.9. The van der Waals surface area contributed by atoms with Crippen LogP contribution in [0.15, 0.2) is 24.3 Å². The average molecular weight is 347 g/mol. The molecule has 17 heavy (non-hydrogen) atoms. The van der Waals surface area contributed by atoms with Gasteiger partial charge in [-0.15, -0.1) is 0 Å². The molecule has 1 aromatic carbocycles. The second kappa shape index (κ2) is 7.79. The number of rotatable bonds is 7. The second-order valence-corrected chi connectivity index (χ2v) is 5.11. The molecule has 0 aliphatic carbocycles. The topological polar surface area (TPSA) is 29.5 Å². The molecule has 0 radical (unpaired) electrons. The Morgan fingerprint density at radius 2 is 2.00 bits per heavy atom. The van der Waals surface area contributed by atoms with E-state index in [9.17, 15) is 4.79 Å². The van der Waals surface area contributed by atoms with Gasteiger partial charge in [0.2, 0.25) is 0 Å². The van der Waals surface area contributed by atoms with Crippen molar-refractivity contribution in [3.05, 3.63) is 33.4 Å². The third kappa shape index (κ3) is 5.61. The highest BCUT2D eigenvalue weighted by Crippen LogP contribution is 2.07. The van der Waals surface area contributed by atoms with Crippen LogP contribution in [0.25, 0.3) is 0 Å². The molecule has 0 heterocycles. The number of hydrogen-bond acceptors (Lipinski definition) is 3. The summed E-state index contributed by atoms with van der Waals surface area (Å²) in [5.41, 5.74) is 0.772. The summed E-state index contributed by atoms with van der Waals surface area (Å²) < 4.78 is 6.40. The Hall–Kier alpha value is -0.460. The van der Waals surface area contributed by atoms with Crippen LogP contribution in [-0.4, -0.2) is 44.0 Å². The van der Waals surface area contributed by atoms with Gasteiger partial charge >= 0.3 is 0 Å².